The van der Waals surface area contributed by atoms with Crippen molar-refractivity contribution in [2.24, 2.45) is 16.8 Å². The van der Waals surface area contributed by atoms with Gasteiger partial charge in [0.1, 0.15) is 0 Å². The lowest BCUT2D eigenvalue weighted by Gasteiger charge is -2.31. The van der Waals surface area contributed by atoms with E-state index in [0.717, 1.165) is 77.2 Å². The highest BCUT2D eigenvalue weighted by atomic mass is 127. The molecule has 0 radical (unpaired) electrons. The molecular formula is C26H45IN4O2. The third-order valence-electron chi connectivity index (χ3n) is 6.46. The lowest BCUT2D eigenvalue weighted by atomic mass is 9.99. The maximum absolute atomic E-state index is 5.88. The highest BCUT2D eigenvalue weighted by molar-refractivity contribution is 14.0. The van der Waals surface area contributed by atoms with Crippen molar-refractivity contribution in [1.82, 2.24) is 15.5 Å². The average molecular weight is 573 g/mol. The summed E-state index contributed by atoms with van der Waals surface area (Å²) in [5.41, 5.74) is 2.73. The van der Waals surface area contributed by atoms with Gasteiger partial charge in [0.25, 0.3) is 0 Å². The fourth-order valence-corrected chi connectivity index (χ4v) is 4.59. The second-order valence-corrected chi connectivity index (χ2v) is 9.36. The van der Waals surface area contributed by atoms with Crippen LogP contribution in [-0.4, -0.2) is 63.5 Å². The molecule has 1 aromatic carbocycles. The molecule has 3 rings (SSSR count). The lowest BCUT2D eigenvalue weighted by Crippen LogP contribution is -2.38. The number of nitrogens with one attached hydrogen (secondary N) is 2. The molecule has 2 aliphatic heterocycles. The van der Waals surface area contributed by atoms with Crippen LogP contribution in [0.5, 0.6) is 0 Å². The maximum Gasteiger partial charge on any atom is 0.191 e. The Morgan fingerprint density at radius 2 is 1.94 bits per heavy atom. The number of nitrogens with zero attached hydrogens (tertiary/aromatic N) is 2. The Labute approximate surface area is 218 Å². The summed E-state index contributed by atoms with van der Waals surface area (Å²) in [7, 11) is 0. The van der Waals surface area contributed by atoms with Crippen LogP contribution in [0.2, 0.25) is 0 Å². The van der Waals surface area contributed by atoms with Gasteiger partial charge in [0.05, 0.1) is 6.54 Å². The number of piperidine rings is 1. The van der Waals surface area contributed by atoms with Crippen molar-refractivity contribution in [1.29, 1.82) is 0 Å². The first-order chi connectivity index (χ1) is 15.7. The molecule has 1 aromatic rings. The highest BCUT2D eigenvalue weighted by Crippen LogP contribution is 2.20. The molecule has 0 amide bonds. The molecule has 0 aromatic heterocycles. The Morgan fingerprint density at radius 1 is 1.15 bits per heavy atom. The number of hydrogen-bond acceptors (Lipinski definition) is 4. The molecule has 0 saturated carbocycles. The zero-order valence-electron chi connectivity index (χ0n) is 20.7. The van der Waals surface area contributed by atoms with Gasteiger partial charge < -0.3 is 20.1 Å². The van der Waals surface area contributed by atoms with Gasteiger partial charge in [0.15, 0.2) is 5.96 Å². The molecule has 0 aliphatic carbocycles. The van der Waals surface area contributed by atoms with Crippen molar-refractivity contribution < 1.29 is 9.47 Å². The molecule has 1 atom stereocenters. The van der Waals surface area contributed by atoms with Crippen LogP contribution in [0.3, 0.4) is 0 Å². The number of benzene rings is 1. The van der Waals surface area contributed by atoms with Crippen LogP contribution in [0.15, 0.2) is 29.3 Å². The van der Waals surface area contributed by atoms with Gasteiger partial charge in [-0.2, -0.15) is 0 Å². The van der Waals surface area contributed by atoms with Crippen LogP contribution < -0.4 is 10.6 Å². The molecule has 0 bridgehead atoms. The van der Waals surface area contributed by atoms with Crippen molar-refractivity contribution in [2.75, 3.05) is 52.6 Å². The number of rotatable bonds is 11. The quantitative estimate of drug-likeness (QED) is 0.178. The number of hydrogen-bond donors (Lipinski definition) is 2. The van der Waals surface area contributed by atoms with Gasteiger partial charge >= 0.3 is 0 Å². The van der Waals surface area contributed by atoms with Crippen LogP contribution in [0, 0.1) is 11.8 Å². The predicted octanol–water partition coefficient (Wildman–Crippen LogP) is 4.42. The van der Waals surface area contributed by atoms with Crippen molar-refractivity contribution in [3.8, 4) is 0 Å². The number of aliphatic imine (C=N–C) groups is 1. The topological polar surface area (TPSA) is 58.1 Å². The first-order valence-corrected chi connectivity index (χ1v) is 12.7. The molecule has 6 nitrogen and oxygen atoms in total. The van der Waals surface area contributed by atoms with Gasteiger partial charge in [0.2, 0.25) is 0 Å². The Kier molecular flexibility index (Phi) is 14.3. The van der Waals surface area contributed by atoms with Crippen LogP contribution in [-0.2, 0) is 22.6 Å². The number of halogens is 1. The summed E-state index contributed by atoms with van der Waals surface area (Å²) in [6.45, 7) is 13.8. The fraction of sp³-hybridized carbons (Fsp3) is 0.731. The van der Waals surface area contributed by atoms with E-state index in [-0.39, 0.29) is 24.0 Å². The first-order valence-electron chi connectivity index (χ1n) is 12.7. The molecule has 33 heavy (non-hydrogen) atoms. The van der Waals surface area contributed by atoms with Crippen LogP contribution in [0.4, 0.5) is 0 Å². The third-order valence-corrected chi connectivity index (χ3v) is 6.46. The van der Waals surface area contributed by atoms with Crippen molar-refractivity contribution in [3.05, 3.63) is 35.4 Å². The van der Waals surface area contributed by atoms with E-state index in [1.54, 1.807) is 0 Å². The average Bonchev–Trinajstić information content (AvgIpc) is 2.81. The van der Waals surface area contributed by atoms with E-state index in [9.17, 15) is 0 Å². The normalized spacial score (nSPS) is 20.3. The summed E-state index contributed by atoms with van der Waals surface area (Å²) in [5.74, 6) is 2.36. The zero-order valence-corrected chi connectivity index (χ0v) is 23.0. The van der Waals surface area contributed by atoms with E-state index < -0.39 is 0 Å². The summed E-state index contributed by atoms with van der Waals surface area (Å²) in [4.78, 5) is 7.46. The zero-order chi connectivity index (χ0) is 22.4. The summed E-state index contributed by atoms with van der Waals surface area (Å²) in [5, 5.41) is 6.84. The molecule has 2 aliphatic rings. The fourth-order valence-electron chi connectivity index (χ4n) is 4.59. The maximum atomic E-state index is 5.88. The summed E-state index contributed by atoms with van der Waals surface area (Å²) in [6.07, 6.45) is 5.92. The summed E-state index contributed by atoms with van der Waals surface area (Å²) in [6, 6.07) is 8.77. The second kappa shape index (κ2) is 16.7. The Hall–Kier alpha value is -0.900. The first kappa shape index (κ1) is 28.3. The smallest absolute Gasteiger partial charge is 0.191 e. The molecule has 0 spiro atoms. The minimum absolute atomic E-state index is 0. The van der Waals surface area contributed by atoms with Crippen LogP contribution in [0.25, 0.3) is 0 Å². The molecule has 2 saturated heterocycles. The predicted molar refractivity (Wildman–Crippen MR) is 147 cm³/mol. The van der Waals surface area contributed by atoms with Gasteiger partial charge in [0, 0.05) is 52.6 Å². The number of guanidine groups is 1. The van der Waals surface area contributed by atoms with Gasteiger partial charge in [-0.15, -0.1) is 24.0 Å². The van der Waals surface area contributed by atoms with E-state index in [4.69, 9.17) is 14.5 Å². The summed E-state index contributed by atoms with van der Waals surface area (Å²) < 4.78 is 11.3. The minimum atomic E-state index is 0. The van der Waals surface area contributed by atoms with E-state index in [1.807, 2.05) is 0 Å². The van der Waals surface area contributed by atoms with Gasteiger partial charge in [-0.05, 0) is 68.5 Å². The molecule has 2 N–H and O–H groups in total. The third kappa shape index (κ3) is 10.9. The van der Waals surface area contributed by atoms with Crippen LogP contribution >= 0.6 is 24.0 Å². The van der Waals surface area contributed by atoms with Crippen molar-refractivity contribution >= 4 is 29.9 Å². The van der Waals surface area contributed by atoms with Gasteiger partial charge in [-0.1, -0.05) is 31.2 Å². The Balaban J connectivity index is 0.00000385. The van der Waals surface area contributed by atoms with E-state index in [0.29, 0.717) is 12.5 Å². The molecule has 1 unspecified atom stereocenters. The molecule has 188 valence electrons. The second-order valence-electron chi connectivity index (χ2n) is 9.36. The lowest BCUT2D eigenvalue weighted by molar-refractivity contribution is 0.0203. The van der Waals surface area contributed by atoms with Crippen molar-refractivity contribution in [3.63, 3.8) is 0 Å². The van der Waals surface area contributed by atoms with Crippen molar-refractivity contribution in [2.45, 2.75) is 59.0 Å². The molecule has 2 fully saturated rings. The highest BCUT2D eigenvalue weighted by Gasteiger charge is 2.17. The van der Waals surface area contributed by atoms with Gasteiger partial charge in [-0.3, -0.25) is 4.90 Å². The molecular weight excluding hydrogens is 527 g/mol. The molecule has 2 heterocycles. The van der Waals surface area contributed by atoms with E-state index >= 15 is 0 Å². The molecule has 7 heteroatoms. The van der Waals surface area contributed by atoms with Crippen LogP contribution in [0.1, 0.15) is 57.1 Å². The number of likely N-dealkylation sites (tertiary alicyclic amines) is 1. The number of ether oxygens (including phenoxy) is 2. The SMILES string of the molecule is CCNC(=NCc1ccccc1CN1CCCC(C)C1)NCCCOCC1CCOCC1.I. The van der Waals surface area contributed by atoms with E-state index in [2.05, 4.69) is 53.6 Å². The summed E-state index contributed by atoms with van der Waals surface area (Å²) >= 11 is 0. The standard InChI is InChI=1S/C26H44N4O2.HI/c1-3-27-26(28-13-7-15-32-21-23-11-16-31-17-12-23)29-18-24-9-4-5-10-25(24)20-30-14-6-8-22(2)19-30;/h4-5,9-10,22-23H,3,6-8,11-21H2,1-2H3,(H2,27,28,29);1H. The van der Waals surface area contributed by atoms with Gasteiger partial charge in [-0.25, -0.2) is 4.99 Å². The Morgan fingerprint density at radius 3 is 2.70 bits per heavy atom. The Bertz CT molecular complexity index is 682. The largest absolute Gasteiger partial charge is 0.381 e. The monoisotopic (exact) mass is 572 g/mol. The minimum Gasteiger partial charge on any atom is -0.381 e. The van der Waals surface area contributed by atoms with E-state index in [1.165, 1.54) is 37.1 Å².